The molecule has 0 radical (unpaired) electrons. The number of thiophene rings is 1. The van der Waals surface area contributed by atoms with Gasteiger partial charge in [-0.1, -0.05) is 0 Å². The Morgan fingerprint density at radius 3 is 2.83 bits per heavy atom. The van der Waals surface area contributed by atoms with Crippen molar-refractivity contribution in [2.75, 3.05) is 18.5 Å². The second-order valence-corrected chi connectivity index (χ2v) is 7.80. The first-order valence-electron chi connectivity index (χ1n) is 9.58. The van der Waals surface area contributed by atoms with E-state index in [0.29, 0.717) is 19.7 Å². The molecular formula is C22H23FN4OS. The largest absolute Gasteiger partial charge is 0.493 e. The van der Waals surface area contributed by atoms with Crippen molar-refractivity contribution in [2.45, 2.75) is 27.3 Å². The number of benzene rings is 1. The van der Waals surface area contributed by atoms with Crippen LogP contribution in [0.5, 0.6) is 5.75 Å². The predicted molar refractivity (Wildman–Crippen MR) is 116 cm³/mol. The third kappa shape index (κ3) is 4.10. The van der Waals surface area contributed by atoms with Crippen LogP contribution in [0.4, 0.5) is 10.2 Å². The maximum atomic E-state index is 13.9. The molecule has 0 spiro atoms. The first-order chi connectivity index (χ1) is 14.0. The number of hydrogen-bond acceptors (Lipinski definition) is 5. The second kappa shape index (κ2) is 8.21. The Balaban J connectivity index is 1.48. The average Bonchev–Trinajstić information content (AvgIpc) is 3.28. The minimum absolute atomic E-state index is 0.204. The third-order valence-electron chi connectivity index (χ3n) is 4.85. The highest BCUT2D eigenvalue weighted by Crippen LogP contribution is 2.30. The maximum Gasteiger partial charge on any atom is 0.130 e. The predicted octanol–water partition coefficient (Wildman–Crippen LogP) is 5.43. The number of ether oxygens (including phenoxy) is 1. The molecule has 0 fully saturated rings. The summed E-state index contributed by atoms with van der Waals surface area (Å²) in [6.45, 7) is 7.99. The SMILES string of the molecule is CCOc1csc(-c2cc(NCCn3c(C)cc4c(C)cc(F)cc43)ncn2)c1. The molecule has 7 heteroatoms. The lowest BCUT2D eigenvalue weighted by atomic mass is 10.1. The summed E-state index contributed by atoms with van der Waals surface area (Å²) >= 11 is 1.60. The number of fused-ring (bicyclic) bond motifs is 1. The highest BCUT2D eigenvalue weighted by Gasteiger charge is 2.10. The van der Waals surface area contributed by atoms with Gasteiger partial charge in [-0.3, -0.25) is 0 Å². The van der Waals surface area contributed by atoms with E-state index in [2.05, 4.69) is 25.9 Å². The second-order valence-electron chi connectivity index (χ2n) is 6.89. The maximum absolute atomic E-state index is 13.9. The summed E-state index contributed by atoms with van der Waals surface area (Å²) in [4.78, 5) is 9.73. The van der Waals surface area contributed by atoms with Crippen LogP contribution in [0.15, 0.2) is 42.0 Å². The van der Waals surface area contributed by atoms with E-state index in [4.69, 9.17) is 4.74 Å². The van der Waals surface area contributed by atoms with Gasteiger partial charge in [0.2, 0.25) is 0 Å². The highest BCUT2D eigenvalue weighted by atomic mass is 32.1. The monoisotopic (exact) mass is 410 g/mol. The molecule has 1 N–H and O–H groups in total. The van der Waals surface area contributed by atoms with Crippen molar-refractivity contribution in [3.05, 3.63) is 59.1 Å². The summed E-state index contributed by atoms with van der Waals surface area (Å²) in [7, 11) is 0. The molecule has 0 bridgehead atoms. The molecule has 0 atom stereocenters. The number of hydrogen-bond donors (Lipinski definition) is 1. The standard InChI is InChI=1S/C22H23FN4OS/c1-4-28-17-10-21(29-12-17)19-11-22(26-13-25-19)24-5-6-27-15(3)8-18-14(2)7-16(23)9-20(18)27/h7-13H,4-6H2,1-3H3,(H,24,25,26). The summed E-state index contributed by atoms with van der Waals surface area (Å²) in [5, 5.41) is 6.43. The number of nitrogens with zero attached hydrogens (tertiary/aromatic N) is 3. The van der Waals surface area contributed by atoms with Gasteiger partial charge in [-0.25, -0.2) is 14.4 Å². The Labute approximate surface area is 173 Å². The van der Waals surface area contributed by atoms with E-state index in [-0.39, 0.29) is 5.82 Å². The molecule has 0 aliphatic rings. The van der Waals surface area contributed by atoms with Crippen molar-refractivity contribution in [2.24, 2.45) is 0 Å². The first-order valence-corrected chi connectivity index (χ1v) is 10.5. The van der Waals surface area contributed by atoms with Crippen LogP contribution in [0.3, 0.4) is 0 Å². The van der Waals surface area contributed by atoms with E-state index < -0.39 is 0 Å². The molecule has 0 aliphatic carbocycles. The number of halogens is 1. The molecule has 0 saturated carbocycles. The average molecular weight is 411 g/mol. The Hall–Kier alpha value is -2.93. The van der Waals surface area contributed by atoms with Gasteiger partial charge in [-0.15, -0.1) is 11.3 Å². The fourth-order valence-electron chi connectivity index (χ4n) is 3.50. The fraction of sp³-hybridized carbons (Fsp3) is 0.273. The lowest BCUT2D eigenvalue weighted by molar-refractivity contribution is 0.342. The molecule has 150 valence electrons. The van der Waals surface area contributed by atoms with Crippen molar-refractivity contribution in [1.82, 2.24) is 14.5 Å². The Morgan fingerprint density at radius 2 is 2.00 bits per heavy atom. The zero-order valence-electron chi connectivity index (χ0n) is 16.7. The van der Waals surface area contributed by atoms with Gasteiger partial charge in [0.1, 0.15) is 23.7 Å². The molecule has 0 aliphatic heterocycles. The summed E-state index contributed by atoms with van der Waals surface area (Å²) in [5.74, 6) is 1.42. The molecule has 0 amide bonds. The highest BCUT2D eigenvalue weighted by molar-refractivity contribution is 7.13. The third-order valence-corrected chi connectivity index (χ3v) is 5.78. The quantitative estimate of drug-likeness (QED) is 0.442. The molecule has 1 aromatic carbocycles. The molecule has 3 heterocycles. The Morgan fingerprint density at radius 1 is 1.14 bits per heavy atom. The van der Waals surface area contributed by atoms with Crippen LogP contribution in [0, 0.1) is 19.7 Å². The van der Waals surface area contributed by atoms with Crippen molar-refractivity contribution >= 4 is 28.1 Å². The van der Waals surface area contributed by atoms with E-state index in [1.165, 1.54) is 0 Å². The number of anilines is 1. The molecular weight excluding hydrogens is 387 g/mol. The molecule has 0 saturated heterocycles. The lowest BCUT2D eigenvalue weighted by Gasteiger charge is -2.11. The smallest absolute Gasteiger partial charge is 0.130 e. The summed E-state index contributed by atoms with van der Waals surface area (Å²) < 4.78 is 21.5. The van der Waals surface area contributed by atoms with E-state index >= 15 is 0 Å². The summed E-state index contributed by atoms with van der Waals surface area (Å²) in [6.07, 6.45) is 1.56. The summed E-state index contributed by atoms with van der Waals surface area (Å²) in [5.41, 5.74) is 3.85. The Kier molecular flexibility index (Phi) is 5.49. The van der Waals surface area contributed by atoms with Crippen LogP contribution >= 0.6 is 11.3 Å². The zero-order valence-corrected chi connectivity index (χ0v) is 17.5. The van der Waals surface area contributed by atoms with Crippen LogP contribution in [-0.2, 0) is 6.54 Å². The van der Waals surface area contributed by atoms with Crippen LogP contribution in [0.2, 0.25) is 0 Å². The van der Waals surface area contributed by atoms with Crippen molar-refractivity contribution in [3.8, 4) is 16.3 Å². The number of aryl methyl sites for hydroxylation is 2. The van der Waals surface area contributed by atoms with Gasteiger partial charge >= 0.3 is 0 Å². The van der Waals surface area contributed by atoms with Crippen LogP contribution in [0.25, 0.3) is 21.5 Å². The molecule has 5 nitrogen and oxygen atoms in total. The van der Waals surface area contributed by atoms with E-state index in [1.54, 1.807) is 29.8 Å². The van der Waals surface area contributed by atoms with Crippen LogP contribution in [-0.4, -0.2) is 27.7 Å². The van der Waals surface area contributed by atoms with Crippen molar-refractivity contribution < 1.29 is 9.13 Å². The van der Waals surface area contributed by atoms with Crippen LogP contribution in [0.1, 0.15) is 18.2 Å². The molecule has 29 heavy (non-hydrogen) atoms. The van der Waals surface area contributed by atoms with Gasteiger partial charge < -0.3 is 14.6 Å². The topological polar surface area (TPSA) is 52.0 Å². The number of nitrogens with one attached hydrogen (secondary N) is 1. The van der Waals surface area contributed by atoms with Gasteiger partial charge in [0, 0.05) is 41.7 Å². The molecule has 4 rings (SSSR count). The fourth-order valence-corrected chi connectivity index (χ4v) is 4.30. The number of aromatic nitrogens is 3. The molecule has 0 unspecified atom stereocenters. The van der Waals surface area contributed by atoms with Crippen molar-refractivity contribution in [3.63, 3.8) is 0 Å². The van der Waals surface area contributed by atoms with E-state index in [1.807, 2.05) is 38.3 Å². The van der Waals surface area contributed by atoms with Crippen LogP contribution < -0.4 is 10.1 Å². The lowest BCUT2D eigenvalue weighted by Crippen LogP contribution is -2.12. The van der Waals surface area contributed by atoms with Gasteiger partial charge in [0.05, 0.1) is 22.7 Å². The van der Waals surface area contributed by atoms with Gasteiger partial charge in [-0.05, 0) is 44.5 Å². The molecule has 4 aromatic rings. The normalized spacial score (nSPS) is 11.2. The first kappa shape index (κ1) is 19.4. The molecule has 3 aromatic heterocycles. The number of rotatable bonds is 7. The van der Waals surface area contributed by atoms with E-state index in [9.17, 15) is 4.39 Å². The Bertz CT molecular complexity index is 1150. The van der Waals surface area contributed by atoms with Gasteiger partial charge in [-0.2, -0.15) is 0 Å². The zero-order chi connectivity index (χ0) is 20.4. The van der Waals surface area contributed by atoms with E-state index in [0.717, 1.165) is 44.3 Å². The summed E-state index contributed by atoms with van der Waals surface area (Å²) in [6, 6.07) is 9.22. The minimum Gasteiger partial charge on any atom is -0.493 e. The van der Waals surface area contributed by atoms with Crippen molar-refractivity contribution in [1.29, 1.82) is 0 Å². The van der Waals surface area contributed by atoms with Gasteiger partial charge in [0.25, 0.3) is 0 Å². The minimum atomic E-state index is -0.204. The van der Waals surface area contributed by atoms with Gasteiger partial charge in [0.15, 0.2) is 0 Å².